The number of nitrogens with one attached hydrogen (secondary N) is 5. The van der Waals surface area contributed by atoms with Crippen LogP contribution in [0.25, 0.3) is 55.6 Å². The number of methoxy groups -OCH3 is 1. The zero-order valence-electron chi connectivity index (χ0n) is 73.5. The first kappa shape index (κ1) is 101. The summed E-state index contributed by atoms with van der Waals surface area (Å²) < 4.78 is 166. The highest BCUT2D eigenvalue weighted by Crippen LogP contribution is 2.36. The molecule has 688 valence electrons. The molecule has 11 heterocycles. The van der Waals surface area contributed by atoms with Gasteiger partial charge in [-0.25, -0.2) is 80.6 Å². The summed E-state index contributed by atoms with van der Waals surface area (Å²) in [5, 5.41) is 10.6. The summed E-state index contributed by atoms with van der Waals surface area (Å²) in [7, 11) is -13.9. The second kappa shape index (κ2) is 44.9. The van der Waals surface area contributed by atoms with E-state index in [9.17, 15) is 74.8 Å². The van der Waals surface area contributed by atoms with Crippen molar-refractivity contribution in [3.63, 3.8) is 0 Å². The number of ketones is 2. The molecule has 13 rings (SSSR count). The second-order valence-corrected chi connectivity index (χ2v) is 39.1. The number of nitrogens with zero attached hydrogens (tertiary/aromatic N) is 12. The number of nitrogens with two attached hydrogens (primary N) is 1. The van der Waals surface area contributed by atoms with Gasteiger partial charge < -0.3 is 31.2 Å². The van der Waals surface area contributed by atoms with Crippen molar-refractivity contribution in [2.75, 3.05) is 99.1 Å². The molecule has 0 saturated carbocycles. The molecule has 1 fully saturated rings. The summed E-state index contributed by atoms with van der Waals surface area (Å²) in [6.45, 7) is 15.4. The van der Waals surface area contributed by atoms with E-state index in [1.165, 1.54) is 99.3 Å². The number of carbonyl (C=O) groups is 5. The Balaban J connectivity index is 0.000000185. The predicted octanol–water partition coefficient (Wildman–Crippen LogP) is 12.7. The third-order valence-electron chi connectivity index (χ3n) is 19.2. The van der Waals surface area contributed by atoms with Crippen molar-refractivity contribution >= 4 is 125 Å². The SMILES string of the molecule is CC(=O)Cc1cc(-c2cnc(C)c(NS(=O)(=O)c3ccccc3F)c2)ccn1.CC(=O)Nc1cc(-c2cnc(C)c(CS(=O)(=O)c3cc(C)ccc3F)c2)ccn1.CCOCCS(=O)(=O)c1cc(-c2ccnc(NC(C)=O)c2)cnc1N.CNc1ncc(-c2ccnc(CC(C)=O)c2)cc1N(C)S(C)(=O)=O.COC(=O)Nc1cc(-c2cnc(C)c(N3CCCS3(=O)=O)c2)ccn1. The molecule has 10 aromatic heterocycles. The van der Waals surface area contributed by atoms with E-state index < -0.39 is 72.4 Å². The number of halogens is 2. The van der Waals surface area contributed by atoms with Crippen molar-refractivity contribution in [2.45, 2.75) is 102 Å². The number of sulfone groups is 2. The van der Waals surface area contributed by atoms with Crippen LogP contribution in [0, 0.1) is 39.3 Å². The van der Waals surface area contributed by atoms with Crippen LogP contribution in [0.15, 0.2) is 210 Å². The fourth-order valence-electron chi connectivity index (χ4n) is 12.6. The number of benzene rings is 2. The van der Waals surface area contributed by atoms with Gasteiger partial charge in [0, 0.05) is 161 Å². The smallest absolute Gasteiger partial charge is 0.412 e. The zero-order chi connectivity index (χ0) is 95.9. The lowest BCUT2D eigenvalue weighted by Gasteiger charge is -2.20. The highest BCUT2D eigenvalue weighted by Gasteiger charge is 2.31. The molecule has 0 aliphatic carbocycles. The first-order chi connectivity index (χ1) is 61.9. The maximum absolute atomic E-state index is 14.1. The van der Waals surface area contributed by atoms with Crippen LogP contribution in [0.5, 0.6) is 0 Å². The van der Waals surface area contributed by atoms with Crippen molar-refractivity contribution < 1.29 is 84.3 Å². The van der Waals surface area contributed by atoms with Gasteiger partial charge in [-0.05, 0) is 209 Å². The van der Waals surface area contributed by atoms with Gasteiger partial charge in [0.05, 0.1) is 65.7 Å². The number of ether oxygens (including phenoxy) is 2. The maximum Gasteiger partial charge on any atom is 0.412 e. The first-order valence-corrected chi connectivity index (χ1v) is 48.1. The second-order valence-electron chi connectivity index (χ2n) is 29.4. The van der Waals surface area contributed by atoms with Gasteiger partial charge in [0.15, 0.2) is 19.7 Å². The molecule has 42 heteroatoms. The Labute approximate surface area is 758 Å². The van der Waals surface area contributed by atoms with E-state index in [0.717, 1.165) is 51.8 Å². The Hall–Kier alpha value is -13.9. The van der Waals surface area contributed by atoms with E-state index in [1.54, 1.807) is 170 Å². The molecule has 3 amide bonds. The van der Waals surface area contributed by atoms with Crippen LogP contribution < -0.4 is 40.3 Å². The number of rotatable bonds is 27. The van der Waals surface area contributed by atoms with Crippen molar-refractivity contribution in [2.24, 2.45) is 0 Å². The van der Waals surface area contributed by atoms with E-state index in [0.29, 0.717) is 116 Å². The van der Waals surface area contributed by atoms with Crippen LogP contribution in [0.1, 0.15) is 80.6 Å². The van der Waals surface area contributed by atoms with Crippen molar-refractivity contribution in [3.8, 4) is 55.6 Å². The molecule has 0 bridgehead atoms. The molecule has 12 aromatic rings. The van der Waals surface area contributed by atoms with Gasteiger partial charge in [0.25, 0.3) is 10.0 Å². The first-order valence-electron chi connectivity index (χ1n) is 39.9. The highest BCUT2D eigenvalue weighted by molar-refractivity contribution is 7.93. The number of anilines is 8. The van der Waals surface area contributed by atoms with Crippen LogP contribution in [-0.4, -0.2) is 180 Å². The number of hydrogen-bond acceptors (Lipinski definition) is 29. The Bertz CT molecular complexity index is 6870. The highest BCUT2D eigenvalue weighted by atomic mass is 32.2. The molecule has 131 heavy (non-hydrogen) atoms. The lowest BCUT2D eigenvalue weighted by molar-refractivity contribution is -0.117. The van der Waals surface area contributed by atoms with Crippen LogP contribution in [-0.2, 0) is 97.0 Å². The number of hydrogen-bond donors (Lipinski definition) is 6. The molecule has 2 aromatic carbocycles. The zero-order valence-corrected chi connectivity index (χ0v) is 77.6. The van der Waals surface area contributed by atoms with E-state index >= 15 is 0 Å². The van der Waals surface area contributed by atoms with E-state index in [2.05, 4.69) is 80.6 Å². The van der Waals surface area contributed by atoms with Gasteiger partial charge in [0.1, 0.15) is 67.0 Å². The van der Waals surface area contributed by atoms with Gasteiger partial charge in [0.2, 0.25) is 31.9 Å². The normalized spacial score (nSPS) is 12.1. The molecule has 1 aliphatic heterocycles. The van der Waals surface area contributed by atoms with Crippen LogP contribution in [0.4, 0.5) is 59.7 Å². The molecule has 0 unspecified atom stereocenters. The number of Topliss-reactive ketones (excluding diaryl/α,β-unsaturated/α-hetero) is 2. The average Bonchev–Trinajstić information content (AvgIpc) is 1.71. The van der Waals surface area contributed by atoms with Crippen molar-refractivity contribution in [1.82, 2.24) is 49.8 Å². The molecular weight excluding hydrogens is 1790 g/mol. The molecule has 35 nitrogen and oxygen atoms in total. The number of carbonyl (C=O) groups excluding carboxylic acids is 5. The Morgan fingerprint density at radius 2 is 1.01 bits per heavy atom. The minimum absolute atomic E-state index is 0.00924. The van der Waals surface area contributed by atoms with E-state index in [1.807, 2.05) is 6.07 Å². The summed E-state index contributed by atoms with van der Waals surface area (Å²) in [5.74, 6) is -0.998. The minimum Gasteiger partial charge on any atom is -0.453 e. The maximum atomic E-state index is 14.1. The molecule has 0 radical (unpaired) electrons. The Kier molecular flexibility index (Phi) is 34.5. The van der Waals surface area contributed by atoms with Gasteiger partial charge in [-0.15, -0.1) is 0 Å². The van der Waals surface area contributed by atoms with Crippen LogP contribution in [0.2, 0.25) is 0 Å². The summed E-state index contributed by atoms with van der Waals surface area (Å²) in [6, 6.07) is 34.8. The third kappa shape index (κ3) is 28.5. The van der Waals surface area contributed by atoms with Crippen LogP contribution >= 0.6 is 0 Å². The molecule has 7 N–H and O–H groups in total. The number of sulfonamides is 3. The topological polar surface area (TPSA) is 496 Å². The fraction of sp³-hybridized carbons (Fsp3) is 0.247. The standard InChI is InChI=1S/C21H20FN3O3S.C20H18FN3O3S.C16H18N4O4S.C16H20N4O4S.C16H20N4O3S/c1-13-4-5-19(22)20(8-13)29(27,28)12-18-9-17(11-24-14(18)2)16-6-7-23-21(10-16)25-15(3)26;1-13(25)9-17-10-15(7-8-22-17)16-11-19(14(2)23-12-16)24-28(26,27)20-6-4-3-5-18(20)21;1-11-14(20-6-3-7-25(20,22)23)8-13(10-18-11)12-4-5-17-15(9-12)19-16(21)24-2;1-3-24-6-7-25(22,23)14-8-13(10-19-16(14)17)12-4-5-18-15(9-12)20-11(2)21;1-11(21)7-14-8-12(5-6-18-14)13-9-15(16(17-2)19-10-13)20(3)24(4,22)23/h4-11H,12H2,1-3H3,(H,23,25,26);3-8,10-12,24H,9H2,1-2H3;4-5,8-10H,3,6-7H2,1-2H3,(H,17,19,21);4-5,8-10H,3,6-7H2,1-2H3,(H2,17,19)(H,18,20,21);5-6,8-10H,7H2,1-4H3,(H,17,19). The lowest BCUT2D eigenvalue weighted by atomic mass is 10.1. The molecular formula is C89H96F2N18O17S5. The Morgan fingerprint density at radius 1 is 0.527 bits per heavy atom. The van der Waals surface area contributed by atoms with Crippen molar-refractivity contribution in [3.05, 3.63) is 247 Å². The number of pyridine rings is 10. The molecule has 0 atom stereocenters. The predicted molar refractivity (Wildman–Crippen MR) is 496 cm³/mol. The summed E-state index contributed by atoms with van der Waals surface area (Å²) in [6.07, 6.45) is 17.4. The Morgan fingerprint density at radius 3 is 1.52 bits per heavy atom. The van der Waals surface area contributed by atoms with Gasteiger partial charge >= 0.3 is 6.09 Å². The summed E-state index contributed by atoms with van der Waals surface area (Å²) >= 11 is 0. The van der Waals surface area contributed by atoms with E-state index in [4.69, 9.17) is 10.5 Å². The number of aryl methyl sites for hydroxylation is 4. The minimum atomic E-state index is -4.11. The molecule has 0 spiro atoms. The lowest BCUT2D eigenvalue weighted by Crippen LogP contribution is -2.26. The average molecular weight is 1890 g/mol. The monoisotopic (exact) mass is 1890 g/mol. The summed E-state index contributed by atoms with van der Waals surface area (Å²) in [5.41, 5.74) is 18.1. The number of nitrogen functional groups attached to an aromatic ring is 1. The van der Waals surface area contributed by atoms with E-state index in [-0.39, 0.29) is 81.4 Å². The third-order valence-corrected chi connectivity index (χ3v) is 27.0. The van der Waals surface area contributed by atoms with Crippen LogP contribution in [0.3, 0.4) is 0 Å². The number of aromatic nitrogens is 10. The van der Waals surface area contributed by atoms with Crippen molar-refractivity contribution in [1.29, 1.82) is 0 Å². The summed E-state index contributed by atoms with van der Waals surface area (Å²) in [4.78, 5) is 97.1. The molecule has 1 aliphatic rings. The fourth-order valence-corrected chi connectivity index (χ4v) is 18.7. The van der Waals surface area contributed by atoms with Gasteiger partial charge in [-0.1, -0.05) is 18.2 Å². The largest absolute Gasteiger partial charge is 0.453 e. The molecule has 1 saturated heterocycles. The number of amides is 3. The van der Waals surface area contributed by atoms with Gasteiger partial charge in [-0.2, -0.15) is 0 Å². The van der Waals surface area contributed by atoms with Gasteiger partial charge in [-0.3, -0.25) is 62.7 Å². The quantitative estimate of drug-likeness (QED) is 0.0260.